The van der Waals surface area contributed by atoms with Gasteiger partial charge >= 0.3 is 0 Å². The van der Waals surface area contributed by atoms with Gasteiger partial charge in [-0.1, -0.05) is 35.7 Å². The van der Waals surface area contributed by atoms with Crippen molar-refractivity contribution in [2.45, 2.75) is 51.5 Å². The van der Waals surface area contributed by atoms with Crippen LogP contribution in [0.5, 0.6) is 5.75 Å². The molecule has 1 fully saturated rings. The van der Waals surface area contributed by atoms with Gasteiger partial charge in [-0.3, -0.25) is 0 Å². The molecule has 0 aromatic heterocycles. The molecule has 0 amide bonds. The highest BCUT2D eigenvalue weighted by Gasteiger charge is 2.25. The summed E-state index contributed by atoms with van der Waals surface area (Å²) < 4.78 is 6.66. The number of rotatable bonds is 6. The summed E-state index contributed by atoms with van der Waals surface area (Å²) in [6.07, 6.45) is 7.71. The van der Waals surface area contributed by atoms with Crippen LogP contribution in [0.2, 0.25) is 0 Å². The summed E-state index contributed by atoms with van der Waals surface area (Å²) in [5.41, 5.74) is 1.33. The molecule has 1 saturated carbocycles. The Morgan fingerprint density at radius 1 is 1.30 bits per heavy atom. The molecular weight excluding hydrogens is 314 g/mol. The van der Waals surface area contributed by atoms with Crippen LogP contribution in [0.3, 0.4) is 0 Å². The van der Waals surface area contributed by atoms with Crippen molar-refractivity contribution in [2.75, 3.05) is 13.7 Å². The predicted octanol–water partition coefficient (Wildman–Crippen LogP) is 4.56. The summed E-state index contributed by atoms with van der Waals surface area (Å²) >= 11 is 3.58. The second-order valence-electron chi connectivity index (χ2n) is 5.77. The third kappa shape index (κ3) is 4.23. The average molecular weight is 340 g/mol. The van der Waals surface area contributed by atoms with Gasteiger partial charge in [0.1, 0.15) is 5.75 Å². The van der Waals surface area contributed by atoms with Gasteiger partial charge in [0.2, 0.25) is 0 Å². The van der Waals surface area contributed by atoms with E-state index in [0.717, 1.165) is 29.1 Å². The first-order valence-electron chi connectivity index (χ1n) is 7.80. The summed E-state index contributed by atoms with van der Waals surface area (Å²) in [6, 6.07) is 7.00. The zero-order valence-electron chi connectivity index (χ0n) is 12.6. The number of nitrogens with one attached hydrogen (secondary N) is 1. The van der Waals surface area contributed by atoms with E-state index >= 15 is 0 Å². The standard InChI is InChI=1S/C17H26BrNO/c1-3-10-19-16-7-5-4-6-13(16)11-14-12-15(18)8-9-17(14)20-2/h8-9,12-13,16,19H,3-7,10-11H2,1-2H3. The minimum absolute atomic E-state index is 0.674. The Labute approximate surface area is 131 Å². The molecular formula is C17H26BrNO. The van der Waals surface area contributed by atoms with Crippen LogP contribution in [0.25, 0.3) is 0 Å². The van der Waals surface area contributed by atoms with Gasteiger partial charge in [0.05, 0.1) is 7.11 Å². The number of halogens is 1. The molecule has 3 heteroatoms. The molecule has 0 radical (unpaired) electrons. The maximum Gasteiger partial charge on any atom is 0.122 e. The maximum atomic E-state index is 5.52. The summed E-state index contributed by atoms with van der Waals surface area (Å²) in [5.74, 6) is 1.76. The topological polar surface area (TPSA) is 21.3 Å². The number of benzene rings is 1. The van der Waals surface area contributed by atoms with Crippen LogP contribution < -0.4 is 10.1 Å². The van der Waals surface area contributed by atoms with Gasteiger partial charge in [-0.15, -0.1) is 0 Å². The van der Waals surface area contributed by atoms with Crippen molar-refractivity contribution in [1.29, 1.82) is 0 Å². The van der Waals surface area contributed by atoms with Crippen molar-refractivity contribution in [3.05, 3.63) is 28.2 Å². The fraction of sp³-hybridized carbons (Fsp3) is 0.647. The van der Waals surface area contributed by atoms with E-state index in [4.69, 9.17) is 4.74 Å². The van der Waals surface area contributed by atoms with Crippen molar-refractivity contribution in [3.63, 3.8) is 0 Å². The zero-order valence-corrected chi connectivity index (χ0v) is 14.2. The fourth-order valence-electron chi connectivity index (χ4n) is 3.24. The monoisotopic (exact) mass is 339 g/mol. The summed E-state index contributed by atoms with van der Waals surface area (Å²) in [4.78, 5) is 0. The Kier molecular flexibility index (Phi) is 6.37. The van der Waals surface area contributed by atoms with Gasteiger partial charge in [-0.25, -0.2) is 0 Å². The van der Waals surface area contributed by atoms with Crippen molar-refractivity contribution in [3.8, 4) is 5.75 Å². The molecule has 0 aliphatic heterocycles. The quantitative estimate of drug-likeness (QED) is 0.820. The Bertz CT molecular complexity index is 421. The Balaban J connectivity index is 2.07. The van der Waals surface area contributed by atoms with E-state index in [0.29, 0.717) is 6.04 Å². The van der Waals surface area contributed by atoms with Crippen LogP contribution in [0, 0.1) is 5.92 Å². The van der Waals surface area contributed by atoms with Gasteiger partial charge in [-0.2, -0.15) is 0 Å². The molecule has 1 aliphatic carbocycles. The van der Waals surface area contributed by atoms with Crippen LogP contribution >= 0.6 is 15.9 Å². The Morgan fingerprint density at radius 3 is 2.85 bits per heavy atom. The first-order chi connectivity index (χ1) is 9.74. The lowest BCUT2D eigenvalue weighted by Crippen LogP contribution is -2.39. The first-order valence-corrected chi connectivity index (χ1v) is 8.59. The molecule has 20 heavy (non-hydrogen) atoms. The Morgan fingerprint density at radius 2 is 2.10 bits per heavy atom. The molecule has 112 valence electrons. The van der Waals surface area contributed by atoms with Crippen LogP contribution in [0.1, 0.15) is 44.6 Å². The molecule has 1 aromatic carbocycles. The van der Waals surface area contributed by atoms with E-state index in [1.807, 2.05) is 0 Å². The minimum atomic E-state index is 0.674. The largest absolute Gasteiger partial charge is 0.496 e. The number of hydrogen-bond donors (Lipinski definition) is 1. The van der Waals surface area contributed by atoms with Crippen molar-refractivity contribution < 1.29 is 4.74 Å². The van der Waals surface area contributed by atoms with Gasteiger partial charge in [0, 0.05) is 10.5 Å². The molecule has 1 aromatic rings. The highest BCUT2D eigenvalue weighted by Crippen LogP contribution is 2.32. The molecule has 0 saturated heterocycles. The number of methoxy groups -OCH3 is 1. The predicted molar refractivity (Wildman–Crippen MR) is 88.4 cm³/mol. The highest BCUT2D eigenvalue weighted by atomic mass is 79.9. The molecule has 2 nitrogen and oxygen atoms in total. The SMILES string of the molecule is CCCNC1CCCCC1Cc1cc(Br)ccc1OC. The first kappa shape index (κ1) is 15.8. The second-order valence-corrected chi connectivity index (χ2v) is 6.68. The lowest BCUT2D eigenvalue weighted by atomic mass is 9.80. The van der Waals surface area contributed by atoms with E-state index < -0.39 is 0 Å². The van der Waals surface area contributed by atoms with Crippen LogP contribution in [0.15, 0.2) is 22.7 Å². The third-order valence-corrected chi connectivity index (χ3v) is 4.78. The molecule has 0 bridgehead atoms. The second kappa shape index (κ2) is 8.04. The molecule has 0 heterocycles. The molecule has 1 aliphatic rings. The molecule has 2 atom stereocenters. The van der Waals surface area contributed by atoms with Crippen LogP contribution in [-0.2, 0) is 6.42 Å². The summed E-state index contributed by atoms with van der Waals surface area (Å²) in [5, 5.41) is 3.74. The minimum Gasteiger partial charge on any atom is -0.496 e. The highest BCUT2D eigenvalue weighted by molar-refractivity contribution is 9.10. The van der Waals surface area contributed by atoms with E-state index in [-0.39, 0.29) is 0 Å². The van der Waals surface area contributed by atoms with Crippen molar-refractivity contribution >= 4 is 15.9 Å². The van der Waals surface area contributed by atoms with Gasteiger partial charge < -0.3 is 10.1 Å². The summed E-state index contributed by atoms with van der Waals surface area (Å²) in [6.45, 7) is 3.37. The van der Waals surface area contributed by atoms with E-state index in [9.17, 15) is 0 Å². The van der Waals surface area contributed by atoms with E-state index in [1.165, 1.54) is 37.7 Å². The normalized spacial score (nSPS) is 22.8. The maximum absolute atomic E-state index is 5.52. The number of hydrogen-bond acceptors (Lipinski definition) is 2. The van der Waals surface area contributed by atoms with Crippen LogP contribution in [-0.4, -0.2) is 19.7 Å². The lowest BCUT2D eigenvalue weighted by Gasteiger charge is -2.33. The fourth-order valence-corrected chi connectivity index (χ4v) is 3.65. The van der Waals surface area contributed by atoms with Crippen LogP contribution in [0.4, 0.5) is 0 Å². The average Bonchev–Trinajstić information content (AvgIpc) is 2.47. The summed E-state index contributed by atoms with van der Waals surface area (Å²) in [7, 11) is 1.76. The lowest BCUT2D eigenvalue weighted by molar-refractivity contribution is 0.259. The molecule has 1 N–H and O–H groups in total. The molecule has 0 spiro atoms. The van der Waals surface area contributed by atoms with E-state index in [1.54, 1.807) is 7.11 Å². The molecule has 2 rings (SSSR count). The zero-order chi connectivity index (χ0) is 14.4. The third-order valence-electron chi connectivity index (χ3n) is 4.29. The van der Waals surface area contributed by atoms with Crippen molar-refractivity contribution in [2.24, 2.45) is 5.92 Å². The smallest absolute Gasteiger partial charge is 0.122 e. The van der Waals surface area contributed by atoms with E-state index in [2.05, 4.69) is 46.4 Å². The van der Waals surface area contributed by atoms with Gasteiger partial charge in [0.15, 0.2) is 0 Å². The van der Waals surface area contributed by atoms with Crippen molar-refractivity contribution in [1.82, 2.24) is 5.32 Å². The van der Waals surface area contributed by atoms with Gasteiger partial charge in [-0.05, 0) is 61.9 Å². The Hall–Kier alpha value is -0.540. The molecule has 2 unspecified atom stereocenters. The number of ether oxygens (including phenoxy) is 1. The van der Waals surface area contributed by atoms with Gasteiger partial charge in [0.25, 0.3) is 0 Å².